The van der Waals surface area contributed by atoms with Crippen LogP contribution in [0.3, 0.4) is 0 Å². The van der Waals surface area contributed by atoms with E-state index in [9.17, 15) is 0 Å². The molecule has 0 spiro atoms. The Bertz CT molecular complexity index is 525. The first-order valence-electron chi connectivity index (χ1n) is 8.49. The molecule has 4 nitrogen and oxygen atoms in total. The zero-order chi connectivity index (χ0) is 15.0. The van der Waals surface area contributed by atoms with E-state index < -0.39 is 0 Å². The van der Waals surface area contributed by atoms with Crippen LogP contribution in [0.1, 0.15) is 31.2 Å². The van der Waals surface area contributed by atoms with E-state index in [1.54, 1.807) is 12.7 Å². The molecule has 0 unspecified atom stereocenters. The molecule has 1 fully saturated rings. The second kappa shape index (κ2) is 11.5. The van der Waals surface area contributed by atoms with Crippen molar-refractivity contribution >= 4 is 24.8 Å². The zero-order valence-electron chi connectivity index (χ0n) is 14.1. The molecule has 0 radical (unpaired) electrons. The summed E-state index contributed by atoms with van der Waals surface area (Å²) in [6.45, 7) is 4.54. The number of benzene rings is 1. The first kappa shape index (κ1) is 20.9. The molecule has 1 saturated heterocycles. The zero-order valence-corrected chi connectivity index (χ0v) is 15.7. The van der Waals surface area contributed by atoms with E-state index in [0.717, 1.165) is 19.0 Å². The molecule has 1 aliphatic heterocycles. The molecule has 24 heavy (non-hydrogen) atoms. The van der Waals surface area contributed by atoms with Crippen LogP contribution in [0.2, 0.25) is 0 Å². The molecule has 1 aromatic carbocycles. The van der Waals surface area contributed by atoms with Gasteiger partial charge in [-0.05, 0) is 50.3 Å². The quantitative estimate of drug-likeness (QED) is 0.741. The van der Waals surface area contributed by atoms with E-state index in [-0.39, 0.29) is 24.8 Å². The van der Waals surface area contributed by atoms with Gasteiger partial charge in [-0.25, -0.2) is 4.98 Å². The van der Waals surface area contributed by atoms with Crippen LogP contribution in [0.15, 0.2) is 43.0 Å². The summed E-state index contributed by atoms with van der Waals surface area (Å²) < 4.78 is 1.92. The number of aromatic nitrogens is 3. The summed E-state index contributed by atoms with van der Waals surface area (Å²) in [4.78, 5) is 6.55. The van der Waals surface area contributed by atoms with Gasteiger partial charge in [0.25, 0.3) is 0 Å². The summed E-state index contributed by atoms with van der Waals surface area (Å²) in [5, 5.41) is 4.16. The fourth-order valence-electron chi connectivity index (χ4n) is 3.33. The van der Waals surface area contributed by atoms with Gasteiger partial charge in [-0.15, -0.1) is 24.8 Å². The highest BCUT2D eigenvalue weighted by atomic mass is 35.5. The predicted molar refractivity (Wildman–Crippen MR) is 103 cm³/mol. The smallest absolute Gasteiger partial charge is 0.137 e. The van der Waals surface area contributed by atoms with Crippen molar-refractivity contribution in [3.63, 3.8) is 0 Å². The molecule has 2 aromatic rings. The van der Waals surface area contributed by atoms with Gasteiger partial charge in [0.05, 0.1) is 6.54 Å². The third-order valence-corrected chi connectivity index (χ3v) is 4.74. The van der Waals surface area contributed by atoms with Gasteiger partial charge in [-0.3, -0.25) is 4.68 Å². The number of likely N-dealkylation sites (tertiary alicyclic amines) is 1. The maximum Gasteiger partial charge on any atom is 0.137 e. The molecule has 0 aliphatic carbocycles. The minimum atomic E-state index is 0. The Balaban J connectivity index is 0.00000144. The fourth-order valence-corrected chi connectivity index (χ4v) is 3.33. The van der Waals surface area contributed by atoms with Gasteiger partial charge < -0.3 is 4.90 Å². The fraction of sp³-hybridized carbons (Fsp3) is 0.556. The Hall–Kier alpha value is -1.10. The monoisotopic (exact) mass is 370 g/mol. The van der Waals surface area contributed by atoms with Crippen molar-refractivity contribution < 1.29 is 0 Å². The van der Waals surface area contributed by atoms with Gasteiger partial charge in [0, 0.05) is 6.54 Å². The number of piperidine rings is 1. The van der Waals surface area contributed by atoms with Gasteiger partial charge in [0.2, 0.25) is 0 Å². The largest absolute Gasteiger partial charge is 0.301 e. The lowest BCUT2D eigenvalue weighted by Crippen LogP contribution is -2.36. The molecule has 6 heteroatoms. The highest BCUT2D eigenvalue weighted by Gasteiger charge is 2.18. The Morgan fingerprint density at radius 1 is 1.00 bits per heavy atom. The van der Waals surface area contributed by atoms with Crippen molar-refractivity contribution in [3.05, 3.63) is 48.5 Å². The molecule has 134 valence electrons. The van der Waals surface area contributed by atoms with Crippen LogP contribution in [-0.4, -0.2) is 39.3 Å². The minimum Gasteiger partial charge on any atom is -0.301 e. The third kappa shape index (κ3) is 6.80. The molecular formula is C18H28Cl2N4. The molecular weight excluding hydrogens is 343 g/mol. The summed E-state index contributed by atoms with van der Waals surface area (Å²) in [5.41, 5.74) is 1.48. The van der Waals surface area contributed by atoms with Crippen molar-refractivity contribution in [2.75, 3.05) is 19.6 Å². The topological polar surface area (TPSA) is 34.0 Å². The van der Waals surface area contributed by atoms with E-state index in [0.29, 0.717) is 0 Å². The van der Waals surface area contributed by atoms with Crippen LogP contribution in [-0.2, 0) is 13.0 Å². The second-order valence-electron chi connectivity index (χ2n) is 6.32. The maximum absolute atomic E-state index is 4.16. The van der Waals surface area contributed by atoms with Crippen molar-refractivity contribution in [1.29, 1.82) is 0 Å². The number of halogens is 2. The summed E-state index contributed by atoms with van der Waals surface area (Å²) in [6, 6.07) is 10.9. The molecule has 0 saturated carbocycles. The van der Waals surface area contributed by atoms with Gasteiger partial charge >= 0.3 is 0 Å². The van der Waals surface area contributed by atoms with Crippen molar-refractivity contribution in [2.24, 2.45) is 5.92 Å². The summed E-state index contributed by atoms with van der Waals surface area (Å²) in [7, 11) is 0. The highest BCUT2D eigenvalue weighted by Crippen LogP contribution is 2.22. The molecule has 1 aromatic heterocycles. The Labute approximate surface area is 157 Å². The van der Waals surface area contributed by atoms with Crippen LogP contribution in [0, 0.1) is 5.92 Å². The van der Waals surface area contributed by atoms with E-state index in [1.165, 1.54) is 50.8 Å². The van der Waals surface area contributed by atoms with Crippen LogP contribution >= 0.6 is 24.8 Å². The van der Waals surface area contributed by atoms with E-state index in [2.05, 4.69) is 45.3 Å². The van der Waals surface area contributed by atoms with Crippen LogP contribution < -0.4 is 0 Å². The second-order valence-corrected chi connectivity index (χ2v) is 6.32. The lowest BCUT2D eigenvalue weighted by Gasteiger charge is -2.31. The lowest BCUT2D eigenvalue weighted by molar-refractivity contribution is 0.171. The molecule has 1 aliphatic rings. The number of nitrogens with zero attached hydrogens (tertiary/aromatic N) is 4. The first-order chi connectivity index (χ1) is 10.9. The van der Waals surface area contributed by atoms with Gasteiger partial charge in [-0.1, -0.05) is 36.8 Å². The molecule has 0 bridgehead atoms. The van der Waals surface area contributed by atoms with Crippen LogP contribution in [0.4, 0.5) is 0 Å². The average molecular weight is 371 g/mol. The summed E-state index contributed by atoms with van der Waals surface area (Å²) in [6.07, 6.45) is 10.1. The number of hydrogen-bond acceptors (Lipinski definition) is 3. The average Bonchev–Trinajstić information content (AvgIpc) is 3.09. The Morgan fingerprint density at radius 3 is 2.42 bits per heavy atom. The number of rotatable bonds is 7. The van der Waals surface area contributed by atoms with Crippen LogP contribution in [0.25, 0.3) is 0 Å². The molecule has 0 N–H and O–H groups in total. The van der Waals surface area contributed by atoms with Gasteiger partial charge in [-0.2, -0.15) is 5.10 Å². The van der Waals surface area contributed by atoms with Gasteiger partial charge in [0.1, 0.15) is 12.7 Å². The lowest BCUT2D eigenvalue weighted by atomic mass is 9.91. The van der Waals surface area contributed by atoms with Crippen molar-refractivity contribution in [3.8, 4) is 0 Å². The maximum atomic E-state index is 4.16. The van der Waals surface area contributed by atoms with Gasteiger partial charge in [0.15, 0.2) is 0 Å². The summed E-state index contributed by atoms with van der Waals surface area (Å²) in [5.74, 6) is 0.923. The Kier molecular flexibility index (Phi) is 9.99. The first-order valence-corrected chi connectivity index (χ1v) is 8.49. The third-order valence-electron chi connectivity index (χ3n) is 4.74. The van der Waals surface area contributed by atoms with Crippen molar-refractivity contribution in [2.45, 2.75) is 38.6 Å². The summed E-state index contributed by atoms with van der Waals surface area (Å²) >= 11 is 0. The van der Waals surface area contributed by atoms with E-state index in [4.69, 9.17) is 0 Å². The molecule has 2 heterocycles. The van der Waals surface area contributed by atoms with Crippen molar-refractivity contribution in [1.82, 2.24) is 19.7 Å². The molecule has 3 rings (SSSR count). The molecule has 0 amide bonds. The predicted octanol–water partition coefficient (Wildman–Crippen LogP) is 3.86. The number of aryl methyl sites for hydroxylation is 1. The number of hydrogen-bond donors (Lipinski definition) is 0. The van der Waals surface area contributed by atoms with Crippen LogP contribution in [0.5, 0.6) is 0 Å². The SMILES string of the molecule is Cl.Cl.c1ccc(CCCC2CCN(CCn3cncn3)CC2)cc1. The molecule has 0 atom stereocenters. The van der Waals surface area contributed by atoms with E-state index in [1.807, 2.05) is 4.68 Å². The highest BCUT2D eigenvalue weighted by molar-refractivity contribution is 5.85. The minimum absolute atomic E-state index is 0. The Morgan fingerprint density at radius 2 is 1.75 bits per heavy atom. The van der Waals surface area contributed by atoms with E-state index >= 15 is 0 Å². The standard InChI is InChI=1S/C18H26N4.2ClH/c1-2-5-17(6-3-1)7-4-8-18-9-11-21(12-10-18)13-14-22-16-19-15-20-22;;/h1-3,5-6,15-16,18H,4,7-14H2;2*1H. The normalized spacial score (nSPS) is 15.5.